The molecule has 0 aliphatic rings. The van der Waals surface area contributed by atoms with Crippen molar-refractivity contribution in [3.63, 3.8) is 0 Å². The molecule has 0 unspecified atom stereocenters. The van der Waals surface area contributed by atoms with Crippen LogP contribution < -0.4 is 0 Å². The van der Waals surface area contributed by atoms with Crippen LogP contribution in [0.4, 0.5) is 0 Å². The van der Waals surface area contributed by atoms with E-state index in [9.17, 15) is 4.79 Å². The van der Waals surface area contributed by atoms with Gasteiger partial charge in [-0.05, 0) is 6.42 Å². The molecule has 0 fully saturated rings. The summed E-state index contributed by atoms with van der Waals surface area (Å²) in [6.45, 7) is 0.591. The fraction of sp³-hybridized carbons (Fsp3) is 0.333. The van der Waals surface area contributed by atoms with E-state index in [4.69, 9.17) is 11.5 Å². The molecule has 68 valence electrons. The number of nitrogens with zero attached hydrogens (tertiary/aromatic N) is 2. The van der Waals surface area contributed by atoms with Crippen LogP contribution in [-0.2, 0) is 11.3 Å². The average molecular weight is 178 g/mol. The maximum absolute atomic E-state index is 10.2. The molecule has 0 atom stereocenters. The van der Waals surface area contributed by atoms with Crippen LogP contribution in [0.2, 0.25) is 0 Å². The van der Waals surface area contributed by atoms with Crippen LogP contribution in [0, 0.1) is 12.3 Å². The van der Waals surface area contributed by atoms with Gasteiger partial charge in [-0.2, -0.15) is 5.10 Å². The molecule has 4 heteroatoms. The molecule has 13 heavy (non-hydrogen) atoms. The molecule has 0 radical (unpaired) electrons. The van der Waals surface area contributed by atoms with Gasteiger partial charge >= 0.3 is 5.97 Å². The Morgan fingerprint density at radius 2 is 2.54 bits per heavy atom. The van der Waals surface area contributed by atoms with Crippen LogP contribution in [0.15, 0.2) is 12.4 Å². The number of terminal acetylenes is 1. The molecule has 0 saturated heterocycles. The first-order valence-corrected chi connectivity index (χ1v) is 3.93. The average Bonchev–Trinajstić information content (AvgIpc) is 2.52. The zero-order valence-corrected chi connectivity index (χ0v) is 7.10. The number of aryl methyl sites for hydroxylation is 1. The van der Waals surface area contributed by atoms with Gasteiger partial charge in [0.25, 0.3) is 0 Å². The zero-order chi connectivity index (χ0) is 9.68. The summed E-state index contributed by atoms with van der Waals surface area (Å²) in [6, 6.07) is 0. The van der Waals surface area contributed by atoms with Crippen molar-refractivity contribution in [2.24, 2.45) is 0 Å². The number of aromatic nitrogens is 2. The lowest BCUT2D eigenvalue weighted by molar-refractivity contribution is -0.137. The van der Waals surface area contributed by atoms with Crippen molar-refractivity contribution in [3.05, 3.63) is 18.0 Å². The fourth-order valence-corrected chi connectivity index (χ4v) is 0.953. The topological polar surface area (TPSA) is 55.1 Å². The highest BCUT2D eigenvalue weighted by Gasteiger charge is 1.98. The smallest absolute Gasteiger partial charge is 0.303 e. The van der Waals surface area contributed by atoms with Crippen molar-refractivity contribution in [1.82, 2.24) is 9.78 Å². The first kappa shape index (κ1) is 9.33. The van der Waals surface area contributed by atoms with E-state index in [1.54, 1.807) is 17.1 Å². The molecule has 0 aliphatic carbocycles. The molecule has 1 aromatic rings. The van der Waals surface area contributed by atoms with Crippen LogP contribution in [-0.4, -0.2) is 20.9 Å². The lowest BCUT2D eigenvalue weighted by Gasteiger charge is -1.97. The molecule has 0 amide bonds. The van der Waals surface area contributed by atoms with Gasteiger partial charge in [0.2, 0.25) is 0 Å². The monoisotopic (exact) mass is 178 g/mol. The summed E-state index contributed by atoms with van der Waals surface area (Å²) in [6.07, 6.45) is 9.18. The molecule has 1 heterocycles. The molecular weight excluding hydrogens is 168 g/mol. The second-order valence-corrected chi connectivity index (χ2v) is 2.63. The van der Waals surface area contributed by atoms with Gasteiger partial charge in [-0.15, -0.1) is 6.42 Å². The summed E-state index contributed by atoms with van der Waals surface area (Å²) < 4.78 is 1.65. The van der Waals surface area contributed by atoms with Gasteiger partial charge in [0.05, 0.1) is 11.8 Å². The third kappa shape index (κ3) is 2.99. The first-order valence-electron chi connectivity index (χ1n) is 3.93. The maximum Gasteiger partial charge on any atom is 0.303 e. The molecule has 0 saturated carbocycles. The molecule has 0 aromatic carbocycles. The van der Waals surface area contributed by atoms with Gasteiger partial charge in [0.15, 0.2) is 0 Å². The van der Waals surface area contributed by atoms with E-state index in [1.165, 1.54) is 0 Å². The maximum atomic E-state index is 10.2. The Balaban J connectivity index is 2.38. The highest BCUT2D eigenvalue weighted by molar-refractivity contribution is 5.66. The molecule has 1 N–H and O–H groups in total. The number of hydrogen-bond donors (Lipinski definition) is 1. The minimum absolute atomic E-state index is 0.158. The Morgan fingerprint density at radius 1 is 1.77 bits per heavy atom. The standard InChI is InChI=1S/C9H10N2O2/c1-2-8-6-10-11(7-8)5-3-4-9(12)13/h1,6-7H,3-5H2,(H,12,13). The Kier molecular flexibility index (Phi) is 3.09. The SMILES string of the molecule is C#Cc1cnn(CCCC(=O)O)c1. The largest absolute Gasteiger partial charge is 0.481 e. The summed E-state index contributed by atoms with van der Waals surface area (Å²) in [4.78, 5) is 10.2. The molecular formula is C9H10N2O2. The molecule has 0 aliphatic heterocycles. The molecule has 1 rings (SSSR count). The van der Waals surface area contributed by atoms with Crippen LogP contribution >= 0.6 is 0 Å². The molecule has 1 aromatic heterocycles. The minimum atomic E-state index is -0.788. The number of rotatable bonds is 4. The third-order valence-electron chi connectivity index (χ3n) is 1.58. The van der Waals surface area contributed by atoms with E-state index in [0.29, 0.717) is 13.0 Å². The van der Waals surface area contributed by atoms with Gasteiger partial charge in [0, 0.05) is 19.2 Å². The number of aliphatic carboxylic acids is 1. The minimum Gasteiger partial charge on any atom is -0.481 e. The highest BCUT2D eigenvalue weighted by Crippen LogP contribution is 1.98. The Hall–Kier alpha value is -1.76. The molecule has 0 bridgehead atoms. The number of carboxylic acids is 1. The summed E-state index contributed by atoms with van der Waals surface area (Å²) in [5.74, 6) is 1.66. The van der Waals surface area contributed by atoms with Gasteiger partial charge < -0.3 is 5.11 Å². The highest BCUT2D eigenvalue weighted by atomic mass is 16.4. The van der Waals surface area contributed by atoms with Crippen LogP contribution in [0.1, 0.15) is 18.4 Å². The van der Waals surface area contributed by atoms with Crippen molar-refractivity contribution in [3.8, 4) is 12.3 Å². The van der Waals surface area contributed by atoms with E-state index in [2.05, 4.69) is 11.0 Å². The van der Waals surface area contributed by atoms with Crippen LogP contribution in [0.25, 0.3) is 0 Å². The van der Waals surface area contributed by atoms with Crippen molar-refractivity contribution < 1.29 is 9.90 Å². The predicted octanol–water partition coefficient (Wildman–Crippen LogP) is 0.729. The second-order valence-electron chi connectivity index (χ2n) is 2.63. The predicted molar refractivity (Wildman–Crippen MR) is 47.0 cm³/mol. The van der Waals surface area contributed by atoms with E-state index in [-0.39, 0.29) is 6.42 Å². The summed E-state index contributed by atoms with van der Waals surface area (Å²) in [7, 11) is 0. The lowest BCUT2D eigenvalue weighted by Crippen LogP contribution is -2.01. The fourth-order valence-electron chi connectivity index (χ4n) is 0.953. The van der Waals surface area contributed by atoms with Gasteiger partial charge in [-0.25, -0.2) is 0 Å². The number of carboxylic acid groups (broad SMARTS) is 1. The summed E-state index contributed by atoms with van der Waals surface area (Å²) in [5.41, 5.74) is 0.718. The summed E-state index contributed by atoms with van der Waals surface area (Å²) >= 11 is 0. The zero-order valence-electron chi connectivity index (χ0n) is 7.10. The van der Waals surface area contributed by atoms with Crippen molar-refractivity contribution in [2.45, 2.75) is 19.4 Å². The molecule has 0 spiro atoms. The lowest BCUT2D eigenvalue weighted by atomic mass is 10.3. The normalized spacial score (nSPS) is 9.46. The van der Waals surface area contributed by atoms with Gasteiger partial charge in [-0.3, -0.25) is 9.48 Å². The summed E-state index contributed by atoms with van der Waals surface area (Å²) in [5, 5.41) is 12.3. The Morgan fingerprint density at radius 3 is 3.08 bits per heavy atom. The van der Waals surface area contributed by atoms with Crippen molar-refractivity contribution in [1.29, 1.82) is 0 Å². The van der Waals surface area contributed by atoms with E-state index >= 15 is 0 Å². The molecule has 4 nitrogen and oxygen atoms in total. The first-order chi connectivity index (χ1) is 6.22. The van der Waals surface area contributed by atoms with E-state index in [1.807, 2.05) is 0 Å². The van der Waals surface area contributed by atoms with Crippen LogP contribution in [0.5, 0.6) is 0 Å². The second kappa shape index (κ2) is 4.31. The quantitative estimate of drug-likeness (QED) is 0.691. The van der Waals surface area contributed by atoms with E-state index < -0.39 is 5.97 Å². The Bertz CT molecular complexity index is 336. The Labute approximate surface area is 76.2 Å². The number of hydrogen-bond acceptors (Lipinski definition) is 2. The number of carbonyl (C=O) groups is 1. The van der Waals surface area contributed by atoms with Crippen molar-refractivity contribution in [2.75, 3.05) is 0 Å². The van der Waals surface area contributed by atoms with Gasteiger partial charge in [-0.1, -0.05) is 5.92 Å². The van der Waals surface area contributed by atoms with Gasteiger partial charge in [0.1, 0.15) is 0 Å². The third-order valence-corrected chi connectivity index (χ3v) is 1.58. The van der Waals surface area contributed by atoms with E-state index in [0.717, 1.165) is 5.56 Å². The van der Waals surface area contributed by atoms with Crippen molar-refractivity contribution >= 4 is 5.97 Å². The van der Waals surface area contributed by atoms with Crippen LogP contribution in [0.3, 0.4) is 0 Å².